The van der Waals surface area contributed by atoms with Gasteiger partial charge in [-0.15, -0.1) is 11.3 Å². The lowest BCUT2D eigenvalue weighted by molar-refractivity contribution is -0.118. The standard InChI is InChI=1S/C13H12N4O2S2/c14-11-9-3-5-20-12(9)17-13(16-11)21-7-10(18)15-6-8-2-1-4-19-8/h1-5H,6-7H2,(H,15,18)(H2,14,16,17). The maximum Gasteiger partial charge on any atom is 0.230 e. The van der Waals surface area contributed by atoms with Gasteiger partial charge in [0.15, 0.2) is 5.16 Å². The van der Waals surface area contributed by atoms with E-state index in [1.54, 1.807) is 12.3 Å². The number of nitrogens with two attached hydrogens (primary N) is 1. The third kappa shape index (κ3) is 3.34. The number of fused-ring (bicyclic) bond motifs is 1. The number of nitrogens with one attached hydrogen (secondary N) is 1. The summed E-state index contributed by atoms with van der Waals surface area (Å²) in [4.78, 5) is 21.1. The molecule has 1 amide bonds. The van der Waals surface area contributed by atoms with Gasteiger partial charge in [-0.1, -0.05) is 11.8 Å². The Hall–Kier alpha value is -2.06. The molecule has 8 heteroatoms. The van der Waals surface area contributed by atoms with Crippen LogP contribution in [-0.2, 0) is 11.3 Å². The van der Waals surface area contributed by atoms with Crippen LogP contribution in [-0.4, -0.2) is 21.6 Å². The summed E-state index contributed by atoms with van der Waals surface area (Å²) in [6.45, 7) is 0.374. The first-order chi connectivity index (χ1) is 10.2. The van der Waals surface area contributed by atoms with Gasteiger partial charge in [-0.2, -0.15) is 0 Å². The fourth-order valence-corrected chi connectivity index (χ4v) is 3.21. The van der Waals surface area contributed by atoms with Crippen LogP contribution in [0.5, 0.6) is 0 Å². The van der Waals surface area contributed by atoms with Crippen LogP contribution >= 0.6 is 23.1 Å². The molecule has 0 saturated carbocycles. The van der Waals surface area contributed by atoms with E-state index in [1.807, 2.05) is 17.5 Å². The van der Waals surface area contributed by atoms with E-state index in [-0.39, 0.29) is 11.7 Å². The average molecular weight is 320 g/mol. The van der Waals surface area contributed by atoms with E-state index >= 15 is 0 Å². The quantitative estimate of drug-likeness (QED) is 0.553. The van der Waals surface area contributed by atoms with E-state index in [9.17, 15) is 4.79 Å². The first-order valence-corrected chi connectivity index (χ1v) is 8.01. The number of thiophene rings is 1. The van der Waals surface area contributed by atoms with Crippen molar-refractivity contribution >= 4 is 45.0 Å². The summed E-state index contributed by atoms with van der Waals surface area (Å²) in [5.74, 6) is 1.29. The van der Waals surface area contributed by atoms with Gasteiger partial charge >= 0.3 is 0 Å². The van der Waals surface area contributed by atoms with E-state index in [4.69, 9.17) is 10.2 Å². The Morgan fingerprint density at radius 3 is 3.14 bits per heavy atom. The number of carbonyl (C=O) groups excluding carboxylic acids is 1. The van der Waals surface area contributed by atoms with Crippen molar-refractivity contribution in [1.29, 1.82) is 0 Å². The van der Waals surface area contributed by atoms with Gasteiger partial charge in [0.1, 0.15) is 16.4 Å². The van der Waals surface area contributed by atoms with Crippen LogP contribution in [0.25, 0.3) is 10.2 Å². The SMILES string of the molecule is Nc1nc(SCC(=O)NCc2ccco2)nc2sccc12. The zero-order valence-corrected chi connectivity index (χ0v) is 12.5. The van der Waals surface area contributed by atoms with Crippen LogP contribution in [0, 0.1) is 0 Å². The van der Waals surface area contributed by atoms with Gasteiger partial charge in [0.25, 0.3) is 0 Å². The summed E-state index contributed by atoms with van der Waals surface area (Å²) in [5.41, 5.74) is 5.86. The van der Waals surface area contributed by atoms with Gasteiger partial charge < -0.3 is 15.5 Å². The number of carbonyl (C=O) groups is 1. The van der Waals surface area contributed by atoms with Crippen LogP contribution in [0.15, 0.2) is 39.4 Å². The molecule has 0 aliphatic carbocycles. The van der Waals surface area contributed by atoms with Crippen molar-refractivity contribution in [3.63, 3.8) is 0 Å². The highest BCUT2D eigenvalue weighted by Gasteiger charge is 2.09. The molecule has 6 nitrogen and oxygen atoms in total. The molecule has 3 rings (SSSR count). The number of amides is 1. The molecule has 21 heavy (non-hydrogen) atoms. The van der Waals surface area contributed by atoms with Crippen LogP contribution in [0.4, 0.5) is 5.82 Å². The molecule has 0 saturated heterocycles. The molecule has 0 bridgehead atoms. The molecule has 3 aromatic heterocycles. The van der Waals surface area contributed by atoms with E-state index < -0.39 is 0 Å². The van der Waals surface area contributed by atoms with Gasteiger partial charge in [-0.3, -0.25) is 4.79 Å². The molecule has 0 atom stereocenters. The predicted molar refractivity (Wildman–Crippen MR) is 83.1 cm³/mol. The summed E-state index contributed by atoms with van der Waals surface area (Å²) in [5, 5.41) is 6.04. The number of aromatic nitrogens is 2. The van der Waals surface area contributed by atoms with Crippen molar-refractivity contribution in [2.75, 3.05) is 11.5 Å². The first kappa shape index (κ1) is 13.9. The van der Waals surface area contributed by atoms with E-state index in [1.165, 1.54) is 23.1 Å². The fraction of sp³-hybridized carbons (Fsp3) is 0.154. The Labute approximate surface area is 128 Å². The largest absolute Gasteiger partial charge is 0.467 e. The summed E-state index contributed by atoms with van der Waals surface area (Å²) in [7, 11) is 0. The van der Waals surface area contributed by atoms with Crippen LogP contribution < -0.4 is 11.1 Å². The molecule has 0 aliphatic heterocycles. The van der Waals surface area contributed by atoms with Gasteiger partial charge in [-0.25, -0.2) is 9.97 Å². The second-order valence-electron chi connectivity index (χ2n) is 4.18. The van der Waals surface area contributed by atoms with Crippen LogP contribution in [0.3, 0.4) is 0 Å². The van der Waals surface area contributed by atoms with Crippen molar-refractivity contribution < 1.29 is 9.21 Å². The number of hydrogen-bond acceptors (Lipinski definition) is 7. The lowest BCUT2D eigenvalue weighted by atomic mass is 10.4. The van der Waals surface area contributed by atoms with Gasteiger partial charge in [0, 0.05) is 0 Å². The molecule has 3 heterocycles. The number of anilines is 1. The summed E-state index contributed by atoms with van der Waals surface area (Å²) < 4.78 is 5.14. The highest BCUT2D eigenvalue weighted by Crippen LogP contribution is 2.26. The number of furan rings is 1. The molecule has 0 fully saturated rings. The zero-order chi connectivity index (χ0) is 14.7. The second kappa shape index (κ2) is 6.15. The van der Waals surface area contributed by atoms with Gasteiger partial charge in [0.05, 0.1) is 23.9 Å². The van der Waals surface area contributed by atoms with E-state index in [0.29, 0.717) is 23.3 Å². The third-order valence-electron chi connectivity index (χ3n) is 2.71. The average Bonchev–Trinajstić information content (AvgIpc) is 3.14. The topological polar surface area (TPSA) is 94.0 Å². The van der Waals surface area contributed by atoms with Gasteiger partial charge in [0.2, 0.25) is 5.91 Å². The van der Waals surface area contributed by atoms with Crippen LogP contribution in [0.2, 0.25) is 0 Å². The Balaban J connectivity index is 1.57. The van der Waals surface area contributed by atoms with Crippen molar-refractivity contribution in [1.82, 2.24) is 15.3 Å². The minimum atomic E-state index is -0.107. The number of nitrogen functional groups attached to an aromatic ring is 1. The zero-order valence-electron chi connectivity index (χ0n) is 10.9. The highest BCUT2D eigenvalue weighted by molar-refractivity contribution is 7.99. The van der Waals surface area contributed by atoms with Crippen molar-refractivity contribution in [3.8, 4) is 0 Å². The Morgan fingerprint density at radius 2 is 2.33 bits per heavy atom. The van der Waals surface area contributed by atoms with Crippen molar-refractivity contribution in [3.05, 3.63) is 35.6 Å². The minimum Gasteiger partial charge on any atom is -0.467 e. The molecule has 0 unspecified atom stereocenters. The number of nitrogens with zero attached hydrogens (tertiary/aromatic N) is 2. The minimum absolute atomic E-state index is 0.107. The normalized spacial score (nSPS) is 10.9. The number of rotatable bonds is 5. The summed E-state index contributed by atoms with van der Waals surface area (Å²) in [6, 6.07) is 5.48. The monoisotopic (exact) mass is 320 g/mol. The maximum absolute atomic E-state index is 11.8. The van der Waals surface area contributed by atoms with Crippen LogP contribution in [0.1, 0.15) is 5.76 Å². The van der Waals surface area contributed by atoms with Gasteiger partial charge in [-0.05, 0) is 23.6 Å². The molecule has 3 N–H and O–H groups in total. The molecule has 3 aromatic rings. The number of hydrogen-bond donors (Lipinski definition) is 2. The maximum atomic E-state index is 11.8. The Bertz CT molecular complexity index is 755. The van der Waals surface area contributed by atoms with Crippen molar-refractivity contribution in [2.45, 2.75) is 11.7 Å². The molecule has 108 valence electrons. The Morgan fingerprint density at radius 1 is 1.43 bits per heavy atom. The van der Waals surface area contributed by atoms with E-state index in [2.05, 4.69) is 15.3 Å². The molecule has 0 aliphatic rings. The predicted octanol–water partition coefficient (Wildman–Crippen LogP) is 2.27. The van der Waals surface area contributed by atoms with E-state index in [0.717, 1.165) is 10.2 Å². The lowest BCUT2D eigenvalue weighted by Crippen LogP contribution is -2.24. The second-order valence-corrected chi connectivity index (χ2v) is 6.01. The molecular weight excluding hydrogens is 308 g/mol. The fourth-order valence-electron chi connectivity index (χ4n) is 1.70. The number of thioether (sulfide) groups is 1. The summed E-state index contributed by atoms with van der Waals surface area (Å²) in [6.07, 6.45) is 1.57. The molecule has 0 aromatic carbocycles. The molecule has 0 spiro atoms. The lowest BCUT2D eigenvalue weighted by Gasteiger charge is -2.03. The Kier molecular flexibility index (Phi) is 4.07. The summed E-state index contributed by atoms with van der Waals surface area (Å²) >= 11 is 2.76. The highest BCUT2D eigenvalue weighted by atomic mass is 32.2. The molecular formula is C13H12N4O2S2. The first-order valence-electron chi connectivity index (χ1n) is 6.15. The molecule has 0 radical (unpaired) electrons. The smallest absolute Gasteiger partial charge is 0.230 e. The van der Waals surface area contributed by atoms with Crippen molar-refractivity contribution in [2.24, 2.45) is 0 Å². The third-order valence-corrected chi connectivity index (χ3v) is 4.36.